The number of hydrogen-bond donors (Lipinski definition) is 0. The molecule has 0 fully saturated rings. The van der Waals surface area contributed by atoms with Crippen molar-refractivity contribution in [3.8, 4) is 11.4 Å². The van der Waals surface area contributed by atoms with Crippen molar-refractivity contribution in [2.24, 2.45) is 0 Å². The molecule has 0 aliphatic carbocycles. The van der Waals surface area contributed by atoms with E-state index in [9.17, 15) is 8.42 Å². The Hall–Kier alpha value is -2.23. The molecule has 7 nitrogen and oxygen atoms in total. The van der Waals surface area contributed by atoms with Crippen LogP contribution in [0.4, 0.5) is 0 Å². The Balaban J connectivity index is 1.85. The van der Waals surface area contributed by atoms with Gasteiger partial charge in [0.15, 0.2) is 0 Å². The third kappa shape index (κ3) is 3.90. The van der Waals surface area contributed by atoms with E-state index in [1.165, 1.54) is 23.8 Å². The molecule has 27 heavy (non-hydrogen) atoms. The normalized spacial score (nSPS) is 12.9. The number of rotatable bonds is 6. The monoisotopic (exact) mass is 450 g/mol. The van der Waals surface area contributed by atoms with Gasteiger partial charge < -0.3 is 4.74 Å². The molecule has 3 aromatic rings. The van der Waals surface area contributed by atoms with E-state index < -0.39 is 10.0 Å². The van der Waals surface area contributed by atoms with Crippen LogP contribution in [0.1, 0.15) is 18.5 Å². The van der Waals surface area contributed by atoms with Gasteiger partial charge in [-0.05, 0) is 58.7 Å². The van der Waals surface area contributed by atoms with Gasteiger partial charge in [0.25, 0.3) is 0 Å². The lowest BCUT2D eigenvalue weighted by molar-refractivity contribution is 0.397. The Morgan fingerprint density at radius 2 is 1.89 bits per heavy atom. The number of benzene rings is 2. The fourth-order valence-electron chi connectivity index (χ4n) is 2.64. The first kappa shape index (κ1) is 19.5. The Kier molecular flexibility index (Phi) is 5.64. The van der Waals surface area contributed by atoms with Crippen molar-refractivity contribution < 1.29 is 13.2 Å². The van der Waals surface area contributed by atoms with Crippen LogP contribution in [0.3, 0.4) is 0 Å². The van der Waals surface area contributed by atoms with Gasteiger partial charge in [-0.1, -0.05) is 12.1 Å². The highest BCUT2D eigenvalue weighted by atomic mass is 79.9. The van der Waals surface area contributed by atoms with E-state index in [4.69, 9.17) is 4.74 Å². The maximum Gasteiger partial charge on any atom is 0.243 e. The molecule has 0 aliphatic rings. The molecule has 1 heterocycles. The molecule has 0 saturated carbocycles. The SMILES string of the molecule is COc1ccc(S(=O)(=O)N(C)C(C)c2ccc(-n3cncn3)cc2)cc1Br. The van der Waals surface area contributed by atoms with Crippen LogP contribution in [-0.4, -0.2) is 41.6 Å². The summed E-state index contributed by atoms with van der Waals surface area (Å²) in [6.45, 7) is 1.85. The molecule has 0 N–H and O–H groups in total. The topological polar surface area (TPSA) is 77.3 Å². The molecule has 142 valence electrons. The van der Waals surface area contributed by atoms with Crippen molar-refractivity contribution in [1.29, 1.82) is 0 Å². The number of nitrogens with zero attached hydrogens (tertiary/aromatic N) is 4. The Morgan fingerprint density at radius 3 is 2.44 bits per heavy atom. The summed E-state index contributed by atoms with van der Waals surface area (Å²) in [6.07, 6.45) is 3.07. The first-order valence-corrected chi connectivity index (χ1v) is 10.3. The van der Waals surface area contributed by atoms with Crippen LogP contribution in [0.15, 0.2) is 64.5 Å². The lowest BCUT2D eigenvalue weighted by Crippen LogP contribution is -2.29. The summed E-state index contributed by atoms with van der Waals surface area (Å²) >= 11 is 3.34. The second kappa shape index (κ2) is 7.79. The highest BCUT2D eigenvalue weighted by molar-refractivity contribution is 9.10. The average molecular weight is 451 g/mol. The summed E-state index contributed by atoms with van der Waals surface area (Å²) < 4.78 is 34.7. The van der Waals surface area contributed by atoms with E-state index in [0.717, 1.165) is 11.3 Å². The van der Waals surface area contributed by atoms with Crippen molar-refractivity contribution >= 4 is 26.0 Å². The minimum absolute atomic E-state index is 0.198. The second-order valence-corrected chi connectivity index (χ2v) is 8.78. The molecule has 1 atom stereocenters. The van der Waals surface area contributed by atoms with Crippen LogP contribution in [0.5, 0.6) is 5.75 Å². The third-order valence-corrected chi connectivity index (χ3v) is 6.95. The molecule has 3 rings (SSSR count). The number of aromatic nitrogens is 3. The van der Waals surface area contributed by atoms with E-state index in [2.05, 4.69) is 26.0 Å². The lowest BCUT2D eigenvalue weighted by Gasteiger charge is -2.25. The largest absolute Gasteiger partial charge is 0.496 e. The Labute approximate surface area is 166 Å². The minimum Gasteiger partial charge on any atom is -0.496 e. The van der Waals surface area contributed by atoms with Gasteiger partial charge >= 0.3 is 0 Å². The van der Waals surface area contributed by atoms with Crippen LogP contribution in [0.25, 0.3) is 5.69 Å². The van der Waals surface area contributed by atoms with Crippen molar-refractivity contribution in [3.05, 3.63) is 65.2 Å². The van der Waals surface area contributed by atoms with Crippen molar-refractivity contribution in [1.82, 2.24) is 19.1 Å². The number of ether oxygens (including phenoxy) is 1. The minimum atomic E-state index is -3.67. The first-order valence-electron chi connectivity index (χ1n) is 8.11. The van der Waals surface area contributed by atoms with Crippen molar-refractivity contribution in [2.75, 3.05) is 14.2 Å². The summed E-state index contributed by atoms with van der Waals surface area (Å²) in [5.74, 6) is 0.577. The van der Waals surface area contributed by atoms with Gasteiger partial charge in [0, 0.05) is 13.1 Å². The number of halogens is 1. The number of hydrogen-bond acceptors (Lipinski definition) is 5. The molecule has 0 aliphatic heterocycles. The summed E-state index contributed by atoms with van der Waals surface area (Å²) in [6, 6.07) is 11.9. The number of methoxy groups -OCH3 is 1. The molecule has 0 saturated heterocycles. The lowest BCUT2D eigenvalue weighted by atomic mass is 10.1. The van der Waals surface area contributed by atoms with E-state index in [-0.39, 0.29) is 10.9 Å². The molecule has 9 heteroatoms. The molecule has 0 bridgehead atoms. The zero-order valence-corrected chi connectivity index (χ0v) is 17.5. The van der Waals surface area contributed by atoms with Crippen molar-refractivity contribution in [2.45, 2.75) is 17.9 Å². The molecule has 0 radical (unpaired) electrons. The molecule has 0 amide bonds. The van der Waals surface area contributed by atoms with E-state index >= 15 is 0 Å². The molecule has 2 aromatic carbocycles. The average Bonchev–Trinajstić information content (AvgIpc) is 3.21. The zero-order chi connectivity index (χ0) is 19.6. The summed E-state index contributed by atoms with van der Waals surface area (Å²) in [7, 11) is -0.561. The van der Waals surface area contributed by atoms with Crippen LogP contribution >= 0.6 is 15.9 Å². The standard InChI is InChI=1S/C18H19BrN4O3S/c1-13(14-4-6-15(7-5-14)23-12-20-11-21-23)22(2)27(24,25)16-8-9-18(26-3)17(19)10-16/h4-13H,1-3H3. The Bertz CT molecular complexity index is 1020. The van der Waals surface area contributed by atoms with Crippen LogP contribution in [0, 0.1) is 0 Å². The maximum atomic E-state index is 13.0. The third-order valence-electron chi connectivity index (χ3n) is 4.40. The Morgan fingerprint density at radius 1 is 1.19 bits per heavy atom. The smallest absolute Gasteiger partial charge is 0.243 e. The quantitative estimate of drug-likeness (QED) is 0.574. The molecular weight excluding hydrogens is 432 g/mol. The predicted octanol–water partition coefficient (Wildman–Crippen LogP) is 3.42. The molecule has 0 spiro atoms. The zero-order valence-electron chi connectivity index (χ0n) is 15.1. The highest BCUT2D eigenvalue weighted by Crippen LogP contribution is 2.31. The van der Waals surface area contributed by atoms with Gasteiger partial charge in [-0.15, -0.1) is 0 Å². The van der Waals surface area contributed by atoms with Gasteiger partial charge in [0.2, 0.25) is 10.0 Å². The van der Waals surface area contributed by atoms with Gasteiger partial charge in [-0.2, -0.15) is 9.40 Å². The van der Waals surface area contributed by atoms with Gasteiger partial charge in [0.05, 0.1) is 22.2 Å². The fourth-order valence-corrected chi connectivity index (χ4v) is 4.71. The maximum absolute atomic E-state index is 13.0. The fraction of sp³-hybridized carbons (Fsp3) is 0.222. The van der Waals surface area contributed by atoms with Gasteiger partial charge in [-0.3, -0.25) is 0 Å². The van der Waals surface area contributed by atoms with E-state index in [0.29, 0.717) is 10.2 Å². The molecular formula is C18H19BrN4O3S. The van der Waals surface area contributed by atoms with E-state index in [1.54, 1.807) is 30.2 Å². The van der Waals surface area contributed by atoms with Crippen LogP contribution < -0.4 is 4.74 Å². The summed E-state index contributed by atoms with van der Waals surface area (Å²) in [5.41, 5.74) is 1.73. The second-order valence-electron chi connectivity index (χ2n) is 5.93. The van der Waals surface area contributed by atoms with Crippen molar-refractivity contribution in [3.63, 3.8) is 0 Å². The highest BCUT2D eigenvalue weighted by Gasteiger charge is 2.27. The van der Waals surface area contributed by atoms with E-state index in [1.807, 2.05) is 31.2 Å². The molecule has 1 unspecified atom stereocenters. The summed E-state index contributed by atoms with van der Waals surface area (Å²) in [4.78, 5) is 4.12. The van der Waals surface area contributed by atoms with Gasteiger partial charge in [0.1, 0.15) is 18.4 Å². The van der Waals surface area contributed by atoms with Gasteiger partial charge in [-0.25, -0.2) is 18.1 Å². The summed E-state index contributed by atoms with van der Waals surface area (Å²) in [5, 5.41) is 4.08. The number of sulfonamides is 1. The molecule has 1 aromatic heterocycles. The first-order chi connectivity index (χ1) is 12.8. The van der Waals surface area contributed by atoms with Crippen LogP contribution in [0.2, 0.25) is 0 Å². The predicted molar refractivity (Wildman–Crippen MR) is 105 cm³/mol. The van der Waals surface area contributed by atoms with Crippen LogP contribution in [-0.2, 0) is 10.0 Å².